The van der Waals surface area contributed by atoms with Crippen LogP contribution in [0.5, 0.6) is 0 Å². The maximum atomic E-state index is 12.5. The van der Waals surface area contributed by atoms with Gasteiger partial charge in [-0.15, -0.1) is 0 Å². The molecule has 1 aliphatic heterocycles. The molecule has 0 saturated carbocycles. The van der Waals surface area contributed by atoms with Gasteiger partial charge in [-0.2, -0.15) is 0 Å². The Kier molecular flexibility index (Phi) is 4.12. The first-order valence-electron chi connectivity index (χ1n) is 7.10. The minimum absolute atomic E-state index is 0.0186. The van der Waals surface area contributed by atoms with Crippen molar-refractivity contribution in [3.8, 4) is 0 Å². The van der Waals surface area contributed by atoms with Crippen LogP contribution >= 0.6 is 0 Å². The summed E-state index contributed by atoms with van der Waals surface area (Å²) in [5.41, 5.74) is 2.00. The quantitative estimate of drug-likeness (QED) is 0.919. The van der Waals surface area contributed by atoms with Crippen molar-refractivity contribution in [1.82, 2.24) is 10.2 Å². The van der Waals surface area contributed by atoms with Crippen molar-refractivity contribution in [3.63, 3.8) is 0 Å². The lowest BCUT2D eigenvalue weighted by Gasteiger charge is -2.26. The van der Waals surface area contributed by atoms with Gasteiger partial charge in [0.1, 0.15) is 6.04 Å². The van der Waals surface area contributed by atoms with E-state index in [9.17, 15) is 9.59 Å². The summed E-state index contributed by atoms with van der Waals surface area (Å²) in [4.78, 5) is 26.5. The second-order valence-corrected chi connectivity index (χ2v) is 5.89. The standard InChI is InChI=1S/C16H22N2O2/c1-10(2)16(20)18-9-12-7-5-6-8-13(12)14(18)15(19)17-11(3)4/h5-8,10-11,14H,9H2,1-4H3,(H,17,19). The lowest BCUT2D eigenvalue weighted by atomic mass is 10.0. The Labute approximate surface area is 120 Å². The molecule has 2 rings (SSSR count). The molecule has 1 aromatic rings. The van der Waals surface area contributed by atoms with Gasteiger partial charge in [0.05, 0.1) is 0 Å². The minimum Gasteiger partial charge on any atom is -0.352 e. The van der Waals surface area contributed by atoms with Crippen LogP contribution in [-0.2, 0) is 16.1 Å². The molecule has 0 aromatic heterocycles. The highest BCUT2D eigenvalue weighted by molar-refractivity contribution is 5.91. The molecule has 0 fully saturated rings. The summed E-state index contributed by atoms with van der Waals surface area (Å²) in [6, 6.07) is 7.35. The lowest BCUT2D eigenvalue weighted by Crippen LogP contribution is -2.43. The number of nitrogens with zero attached hydrogens (tertiary/aromatic N) is 1. The maximum absolute atomic E-state index is 12.5. The largest absolute Gasteiger partial charge is 0.352 e. The molecule has 0 radical (unpaired) electrons. The summed E-state index contributed by atoms with van der Waals surface area (Å²) < 4.78 is 0. The average molecular weight is 274 g/mol. The molecule has 4 heteroatoms. The number of hydrogen-bond acceptors (Lipinski definition) is 2. The molecule has 0 bridgehead atoms. The zero-order valence-electron chi connectivity index (χ0n) is 12.5. The molecule has 20 heavy (non-hydrogen) atoms. The first kappa shape index (κ1) is 14.6. The molecule has 1 atom stereocenters. The van der Waals surface area contributed by atoms with Crippen molar-refractivity contribution < 1.29 is 9.59 Å². The molecular formula is C16H22N2O2. The topological polar surface area (TPSA) is 49.4 Å². The van der Waals surface area contributed by atoms with Gasteiger partial charge in [-0.3, -0.25) is 9.59 Å². The van der Waals surface area contributed by atoms with E-state index in [2.05, 4.69) is 5.32 Å². The van der Waals surface area contributed by atoms with Crippen LogP contribution in [0.25, 0.3) is 0 Å². The fourth-order valence-electron chi connectivity index (χ4n) is 2.57. The Balaban J connectivity index is 2.35. The molecule has 108 valence electrons. The van der Waals surface area contributed by atoms with E-state index in [0.717, 1.165) is 11.1 Å². The first-order chi connectivity index (χ1) is 9.41. The highest BCUT2D eigenvalue weighted by Gasteiger charge is 2.38. The molecular weight excluding hydrogens is 252 g/mol. The van der Waals surface area contributed by atoms with Gasteiger partial charge >= 0.3 is 0 Å². The smallest absolute Gasteiger partial charge is 0.247 e. The van der Waals surface area contributed by atoms with Crippen LogP contribution in [-0.4, -0.2) is 22.8 Å². The summed E-state index contributed by atoms with van der Waals surface area (Å²) in [5.74, 6) is -0.192. The number of carbonyl (C=O) groups is 2. The van der Waals surface area contributed by atoms with E-state index < -0.39 is 6.04 Å². The van der Waals surface area contributed by atoms with Crippen molar-refractivity contribution in [2.75, 3.05) is 0 Å². The van der Waals surface area contributed by atoms with Crippen LogP contribution in [0.1, 0.15) is 44.9 Å². The van der Waals surface area contributed by atoms with Crippen molar-refractivity contribution in [2.45, 2.75) is 46.3 Å². The molecule has 2 amide bonds. The van der Waals surface area contributed by atoms with Crippen LogP contribution in [0.3, 0.4) is 0 Å². The number of fused-ring (bicyclic) bond motifs is 1. The Morgan fingerprint density at radius 3 is 2.45 bits per heavy atom. The van der Waals surface area contributed by atoms with E-state index in [-0.39, 0.29) is 23.8 Å². The van der Waals surface area contributed by atoms with Gasteiger partial charge in [-0.05, 0) is 25.0 Å². The number of carbonyl (C=O) groups excluding carboxylic acids is 2. The first-order valence-corrected chi connectivity index (χ1v) is 7.10. The summed E-state index contributed by atoms with van der Waals surface area (Å²) in [6.45, 7) is 8.09. The van der Waals surface area contributed by atoms with Gasteiger partial charge < -0.3 is 10.2 Å². The van der Waals surface area contributed by atoms with Crippen LogP contribution in [0, 0.1) is 5.92 Å². The van der Waals surface area contributed by atoms with E-state index in [1.807, 2.05) is 52.0 Å². The molecule has 1 heterocycles. The summed E-state index contributed by atoms with van der Waals surface area (Å²) >= 11 is 0. The van der Waals surface area contributed by atoms with E-state index in [0.29, 0.717) is 6.54 Å². The summed E-state index contributed by atoms with van der Waals surface area (Å²) in [5, 5.41) is 2.92. The highest BCUT2D eigenvalue weighted by Crippen LogP contribution is 2.34. The third kappa shape index (κ3) is 2.69. The number of rotatable bonds is 3. The fraction of sp³-hybridized carbons (Fsp3) is 0.500. The molecule has 1 unspecified atom stereocenters. The van der Waals surface area contributed by atoms with Crippen molar-refractivity contribution in [3.05, 3.63) is 35.4 Å². The predicted octanol–water partition coefficient (Wildman–Crippen LogP) is 2.25. The zero-order valence-corrected chi connectivity index (χ0v) is 12.5. The van der Waals surface area contributed by atoms with Crippen LogP contribution in [0.15, 0.2) is 24.3 Å². The molecule has 1 aromatic carbocycles. The Bertz CT molecular complexity index is 523. The van der Waals surface area contributed by atoms with Crippen LogP contribution in [0.2, 0.25) is 0 Å². The number of benzene rings is 1. The average Bonchev–Trinajstić information content (AvgIpc) is 2.75. The summed E-state index contributed by atoms with van der Waals surface area (Å²) in [6.07, 6.45) is 0. The van der Waals surface area contributed by atoms with Gasteiger partial charge in [0.25, 0.3) is 0 Å². The SMILES string of the molecule is CC(C)NC(=O)C1c2ccccc2CN1C(=O)C(C)C. The van der Waals surface area contributed by atoms with E-state index in [4.69, 9.17) is 0 Å². The van der Waals surface area contributed by atoms with Gasteiger partial charge in [0.2, 0.25) is 11.8 Å². The summed E-state index contributed by atoms with van der Waals surface area (Å²) in [7, 11) is 0. The predicted molar refractivity (Wildman–Crippen MR) is 77.8 cm³/mol. The third-order valence-electron chi connectivity index (χ3n) is 3.46. The van der Waals surface area contributed by atoms with Crippen LogP contribution in [0.4, 0.5) is 0 Å². The Morgan fingerprint density at radius 1 is 1.20 bits per heavy atom. The molecule has 1 aliphatic rings. The number of nitrogens with one attached hydrogen (secondary N) is 1. The fourth-order valence-corrected chi connectivity index (χ4v) is 2.57. The van der Waals surface area contributed by atoms with Crippen molar-refractivity contribution in [1.29, 1.82) is 0 Å². The highest BCUT2D eigenvalue weighted by atomic mass is 16.2. The number of hydrogen-bond donors (Lipinski definition) is 1. The van der Waals surface area contributed by atoms with Crippen LogP contribution < -0.4 is 5.32 Å². The molecule has 0 spiro atoms. The lowest BCUT2D eigenvalue weighted by molar-refractivity contribution is -0.143. The van der Waals surface area contributed by atoms with Gasteiger partial charge in [0.15, 0.2) is 0 Å². The Hall–Kier alpha value is -1.84. The molecule has 0 aliphatic carbocycles. The van der Waals surface area contributed by atoms with Crippen molar-refractivity contribution >= 4 is 11.8 Å². The molecule has 0 saturated heterocycles. The monoisotopic (exact) mass is 274 g/mol. The van der Waals surface area contributed by atoms with E-state index >= 15 is 0 Å². The zero-order chi connectivity index (χ0) is 14.9. The van der Waals surface area contributed by atoms with E-state index in [1.54, 1.807) is 4.90 Å². The normalized spacial score (nSPS) is 17.5. The number of amides is 2. The Morgan fingerprint density at radius 2 is 1.85 bits per heavy atom. The second kappa shape index (κ2) is 5.65. The maximum Gasteiger partial charge on any atom is 0.247 e. The molecule has 4 nitrogen and oxygen atoms in total. The second-order valence-electron chi connectivity index (χ2n) is 5.89. The minimum atomic E-state index is -0.497. The van der Waals surface area contributed by atoms with E-state index in [1.165, 1.54) is 0 Å². The third-order valence-corrected chi connectivity index (χ3v) is 3.46. The molecule has 1 N–H and O–H groups in total. The van der Waals surface area contributed by atoms with Gasteiger partial charge in [-0.1, -0.05) is 38.1 Å². The van der Waals surface area contributed by atoms with Crippen molar-refractivity contribution in [2.24, 2.45) is 5.92 Å². The van der Waals surface area contributed by atoms with Gasteiger partial charge in [0, 0.05) is 18.5 Å². The van der Waals surface area contributed by atoms with Gasteiger partial charge in [-0.25, -0.2) is 0 Å².